The summed E-state index contributed by atoms with van der Waals surface area (Å²) in [5, 5.41) is 16.6. The molecule has 0 bridgehead atoms. The molecule has 1 unspecified atom stereocenters. The zero-order valence-corrected chi connectivity index (χ0v) is 21.0. The third-order valence-corrected chi connectivity index (χ3v) is 5.79. The molecule has 0 fully saturated rings. The van der Waals surface area contributed by atoms with E-state index in [0.717, 1.165) is 45.1 Å². The number of carbonyl (C=O) groups excluding carboxylic acids is 2. The van der Waals surface area contributed by atoms with Gasteiger partial charge in [0.25, 0.3) is 0 Å². The van der Waals surface area contributed by atoms with Gasteiger partial charge in [-0.2, -0.15) is 0 Å². The number of rotatable bonds is 23. The molecule has 0 aliphatic heterocycles. The third-order valence-electron chi connectivity index (χ3n) is 5.79. The van der Waals surface area contributed by atoms with Gasteiger partial charge in [0.1, 0.15) is 0 Å². The Morgan fingerprint density at radius 3 is 1.76 bits per heavy atom. The molecule has 8 heteroatoms. The molecule has 0 saturated heterocycles. The molecule has 33 heavy (non-hydrogen) atoms. The van der Waals surface area contributed by atoms with Crippen molar-refractivity contribution in [1.82, 2.24) is 16.0 Å². The van der Waals surface area contributed by atoms with Crippen LogP contribution in [0, 0.1) is 0 Å². The van der Waals surface area contributed by atoms with Gasteiger partial charge in [-0.05, 0) is 38.5 Å². The zero-order chi connectivity index (χ0) is 24.6. The minimum atomic E-state index is -1.03. The molecule has 0 aromatic rings. The topological polar surface area (TPSA) is 134 Å². The third kappa shape index (κ3) is 23.1. The Bertz CT molecular complexity index is 503. The van der Waals surface area contributed by atoms with Crippen molar-refractivity contribution < 1.29 is 19.5 Å². The summed E-state index contributed by atoms with van der Waals surface area (Å²) in [7, 11) is 0. The first-order chi connectivity index (χ1) is 16.0. The average Bonchev–Trinajstić information content (AvgIpc) is 2.78. The highest BCUT2D eigenvalue weighted by Crippen LogP contribution is 2.10. The Labute approximate surface area is 201 Å². The highest BCUT2D eigenvalue weighted by atomic mass is 16.4. The van der Waals surface area contributed by atoms with Crippen molar-refractivity contribution >= 4 is 17.9 Å². The monoisotopic (exact) mass is 470 g/mol. The molecule has 1 atom stereocenters. The van der Waals surface area contributed by atoms with Gasteiger partial charge in [0.15, 0.2) is 0 Å². The van der Waals surface area contributed by atoms with Gasteiger partial charge >= 0.3 is 6.09 Å². The molecule has 0 radical (unpaired) electrons. The molecule has 8 nitrogen and oxygen atoms in total. The molecule has 6 N–H and O–H groups in total. The number of hydrogen-bond donors (Lipinski definition) is 5. The number of hydrogen-bond acceptors (Lipinski definition) is 4. The van der Waals surface area contributed by atoms with Crippen LogP contribution >= 0.6 is 0 Å². The molecule has 0 aromatic carbocycles. The van der Waals surface area contributed by atoms with Crippen LogP contribution in [0.2, 0.25) is 0 Å². The molecule has 0 aromatic heterocycles. The molecule has 0 rings (SSSR count). The summed E-state index contributed by atoms with van der Waals surface area (Å²) in [5.41, 5.74) is 5.86. The van der Waals surface area contributed by atoms with Crippen LogP contribution in [0.3, 0.4) is 0 Å². The molecule has 3 amide bonds. The fourth-order valence-corrected chi connectivity index (χ4v) is 3.67. The fourth-order valence-electron chi connectivity index (χ4n) is 3.67. The van der Waals surface area contributed by atoms with Crippen LogP contribution < -0.4 is 21.7 Å². The van der Waals surface area contributed by atoms with E-state index in [1.54, 1.807) is 0 Å². The van der Waals surface area contributed by atoms with Gasteiger partial charge in [0, 0.05) is 26.1 Å². The molecule has 0 spiro atoms. The fraction of sp³-hybridized carbons (Fsp3) is 0.880. The maximum absolute atomic E-state index is 11.9. The quantitative estimate of drug-likeness (QED) is 0.141. The summed E-state index contributed by atoms with van der Waals surface area (Å²) >= 11 is 0. The Morgan fingerprint density at radius 2 is 1.15 bits per heavy atom. The van der Waals surface area contributed by atoms with E-state index in [-0.39, 0.29) is 11.8 Å². The standard InChI is InChI=1S/C25H50N4O4/c1-2-3-4-5-6-7-8-9-12-18-23(30)27-19-14-10-11-15-20-28-24(31)22(26)17-13-16-21-29-25(32)33/h22,29H,2-21,26H2,1H3,(H,27,30)(H,28,31)(H,32,33). The van der Waals surface area contributed by atoms with Crippen molar-refractivity contribution in [3.05, 3.63) is 0 Å². The lowest BCUT2D eigenvalue weighted by atomic mass is 10.1. The van der Waals surface area contributed by atoms with Crippen molar-refractivity contribution in [2.45, 2.75) is 122 Å². The van der Waals surface area contributed by atoms with Crippen LogP contribution in [0.15, 0.2) is 0 Å². The second-order valence-corrected chi connectivity index (χ2v) is 8.97. The first-order valence-electron chi connectivity index (χ1n) is 13.2. The van der Waals surface area contributed by atoms with Crippen molar-refractivity contribution in [2.24, 2.45) is 5.73 Å². The van der Waals surface area contributed by atoms with E-state index in [1.165, 1.54) is 44.9 Å². The lowest BCUT2D eigenvalue weighted by Gasteiger charge is -2.12. The van der Waals surface area contributed by atoms with Gasteiger partial charge in [-0.3, -0.25) is 9.59 Å². The van der Waals surface area contributed by atoms with Crippen LogP contribution in [-0.4, -0.2) is 48.7 Å². The molecule has 0 saturated carbocycles. The van der Waals surface area contributed by atoms with E-state index in [1.807, 2.05) is 0 Å². The SMILES string of the molecule is CCCCCCCCCCCC(=O)NCCCCCCNC(=O)C(N)CCCCNC(=O)O. The number of nitrogens with two attached hydrogens (primary N) is 1. The van der Waals surface area contributed by atoms with Crippen molar-refractivity contribution in [1.29, 1.82) is 0 Å². The second-order valence-electron chi connectivity index (χ2n) is 8.97. The van der Waals surface area contributed by atoms with Gasteiger partial charge in [-0.1, -0.05) is 71.1 Å². The minimum absolute atomic E-state index is 0.148. The summed E-state index contributed by atoms with van der Waals surface area (Å²) in [6.07, 6.45) is 16.8. The highest BCUT2D eigenvalue weighted by molar-refractivity contribution is 5.81. The molecular weight excluding hydrogens is 420 g/mol. The summed E-state index contributed by atoms with van der Waals surface area (Å²) in [5.74, 6) is 0.0166. The van der Waals surface area contributed by atoms with Gasteiger partial charge in [-0.25, -0.2) is 4.79 Å². The second kappa shape index (κ2) is 23.3. The van der Waals surface area contributed by atoms with Gasteiger partial charge in [0.2, 0.25) is 11.8 Å². The first kappa shape index (κ1) is 31.2. The van der Waals surface area contributed by atoms with Crippen LogP contribution in [0.1, 0.15) is 116 Å². The van der Waals surface area contributed by atoms with Gasteiger partial charge in [-0.15, -0.1) is 0 Å². The predicted octanol–water partition coefficient (Wildman–Crippen LogP) is 4.47. The Hall–Kier alpha value is -1.83. The zero-order valence-electron chi connectivity index (χ0n) is 21.0. The maximum Gasteiger partial charge on any atom is 0.404 e. The average molecular weight is 471 g/mol. The van der Waals surface area contributed by atoms with Crippen molar-refractivity contribution in [3.63, 3.8) is 0 Å². The number of carbonyl (C=O) groups is 3. The van der Waals surface area contributed by atoms with Crippen LogP contribution in [0.25, 0.3) is 0 Å². The van der Waals surface area contributed by atoms with E-state index < -0.39 is 12.1 Å². The normalized spacial score (nSPS) is 11.7. The Balaban J connectivity index is 3.39. The van der Waals surface area contributed by atoms with Crippen LogP contribution in [-0.2, 0) is 9.59 Å². The Morgan fingerprint density at radius 1 is 0.667 bits per heavy atom. The summed E-state index contributed by atoms with van der Waals surface area (Å²) < 4.78 is 0. The Kier molecular flexibility index (Phi) is 22.0. The van der Waals surface area contributed by atoms with Gasteiger partial charge in [0.05, 0.1) is 6.04 Å². The van der Waals surface area contributed by atoms with E-state index in [4.69, 9.17) is 10.8 Å². The molecule has 0 aliphatic rings. The minimum Gasteiger partial charge on any atom is -0.465 e. The largest absolute Gasteiger partial charge is 0.465 e. The first-order valence-corrected chi connectivity index (χ1v) is 13.2. The lowest BCUT2D eigenvalue weighted by molar-refractivity contribution is -0.122. The van der Waals surface area contributed by atoms with Gasteiger partial charge < -0.3 is 26.8 Å². The van der Waals surface area contributed by atoms with Crippen LogP contribution in [0.4, 0.5) is 4.79 Å². The summed E-state index contributed by atoms with van der Waals surface area (Å²) in [6, 6.07) is -0.546. The number of unbranched alkanes of at least 4 members (excludes halogenated alkanes) is 12. The predicted molar refractivity (Wildman–Crippen MR) is 134 cm³/mol. The van der Waals surface area contributed by atoms with Crippen LogP contribution in [0.5, 0.6) is 0 Å². The number of nitrogens with one attached hydrogen (secondary N) is 3. The smallest absolute Gasteiger partial charge is 0.404 e. The number of amides is 3. The summed E-state index contributed by atoms with van der Waals surface area (Å²) in [4.78, 5) is 34.1. The highest BCUT2D eigenvalue weighted by Gasteiger charge is 2.12. The van der Waals surface area contributed by atoms with E-state index in [9.17, 15) is 14.4 Å². The van der Waals surface area contributed by atoms with E-state index in [0.29, 0.717) is 38.8 Å². The molecular formula is C25H50N4O4. The lowest BCUT2D eigenvalue weighted by Crippen LogP contribution is -2.41. The molecule has 0 heterocycles. The molecule has 0 aliphatic carbocycles. The molecule has 194 valence electrons. The van der Waals surface area contributed by atoms with Crippen molar-refractivity contribution in [3.8, 4) is 0 Å². The van der Waals surface area contributed by atoms with Crippen molar-refractivity contribution in [2.75, 3.05) is 19.6 Å². The maximum atomic E-state index is 11.9. The number of carboxylic acid groups (broad SMARTS) is 1. The van der Waals surface area contributed by atoms with E-state index in [2.05, 4.69) is 22.9 Å². The van der Waals surface area contributed by atoms with E-state index >= 15 is 0 Å². The summed E-state index contributed by atoms with van der Waals surface area (Å²) in [6.45, 7) is 3.95.